The maximum Gasteiger partial charge on any atom is 0.0462 e. The molecule has 0 N–H and O–H groups in total. The molecule has 3 nitrogen and oxygen atoms in total. The Kier molecular flexibility index (Phi) is 15.9. The Morgan fingerprint density at radius 1 is 0.408 bits per heavy atom. The molecule has 0 saturated heterocycles. The van der Waals surface area contributed by atoms with E-state index in [2.05, 4.69) is 309 Å². The molecule has 0 spiro atoms. The van der Waals surface area contributed by atoms with E-state index in [0.717, 1.165) is 43.1 Å². The average molecular weight is 1110 g/mol. The molecule has 2 aromatic heterocycles. The summed E-state index contributed by atoms with van der Waals surface area (Å²) >= 11 is 14.1. The van der Waals surface area contributed by atoms with E-state index in [1.54, 1.807) is 0 Å². The average Bonchev–Trinajstić information content (AvgIpc) is 4.01. The number of nitrogens with zero attached hydrogens (tertiary/aromatic N) is 3. The molecule has 0 atom stereocenters. The maximum absolute atomic E-state index is 9.96. The van der Waals surface area contributed by atoms with E-state index >= 15 is 0 Å². The topological polar surface area (TPSA) is 18.8 Å². The van der Waals surface area contributed by atoms with Crippen molar-refractivity contribution in [3.8, 4) is 22.3 Å². The summed E-state index contributed by atoms with van der Waals surface area (Å²) in [5.74, 6) is 0. The number of thiol groups is 1. The second-order valence-electron chi connectivity index (χ2n) is 16.1. The molecule has 0 saturated carbocycles. The Morgan fingerprint density at radius 2 is 0.690 bits per heavy atom. The molecular formula is C61H44BBr2FN3S3. The van der Waals surface area contributed by atoms with Crippen LogP contribution in [0.3, 0.4) is 0 Å². The first-order chi connectivity index (χ1) is 35.4. The second kappa shape index (κ2) is 23.5. The minimum atomic E-state index is -1.00. The Bertz CT molecular complexity index is 3610. The van der Waals surface area contributed by atoms with E-state index in [1.807, 2.05) is 22.7 Å². The maximum atomic E-state index is 9.96. The number of fused-ring (bicyclic) bond motifs is 6. The van der Waals surface area contributed by atoms with Crippen LogP contribution in [0.25, 0.3) is 62.6 Å². The van der Waals surface area contributed by atoms with Crippen molar-refractivity contribution < 1.29 is 5.76 Å². The zero-order chi connectivity index (χ0) is 49.8. The number of anilines is 6. The molecule has 0 aliphatic rings. The largest absolute Gasteiger partial charge is 0.311 e. The van der Waals surface area contributed by atoms with E-state index in [9.17, 15) is 4.39 Å². The molecule has 0 fully saturated rings. The summed E-state index contributed by atoms with van der Waals surface area (Å²) < 4.78 is 25.7. The van der Waals surface area contributed by atoms with Crippen LogP contribution in [-0.2, 0) is 0 Å². The fourth-order valence-corrected chi connectivity index (χ4v) is 11.8. The minimum Gasteiger partial charge on any atom is -0.311 e. The molecule has 10 heteroatoms. The number of hydrogen-bond acceptors (Lipinski definition) is 6. The van der Waals surface area contributed by atoms with Crippen molar-refractivity contribution in [2.45, 2.75) is 0 Å². The van der Waals surface area contributed by atoms with Crippen LogP contribution in [0, 0.1) is 0 Å². The van der Waals surface area contributed by atoms with Crippen molar-refractivity contribution in [3.05, 3.63) is 252 Å². The van der Waals surface area contributed by atoms with Gasteiger partial charge < -0.3 is 9.80 Å². The van der Waals surface area contributed by atoms with Gasteiger partial charge in [-0.3, -0.25) is 4.39 Å². The van der Waals surface area contributed by atoms with Gasteiger partial charge in [0.25, 0.3) is 0 Å². The quantitative estimate of drug-likeness (QED) is 0.121. The van der Waals surface area contributed by atoms with E-state index < -0.39 is 7.15 Å². The van der Waals surface area contributed by atoms with Crippen LogP contribution in [0.5, 0.6) is 0 Å². The molecule has 345 valence electrons. The molecule has 0 aliphatic heterocycles. The molecule has 2 heterocycles. The Hall–Kier alpha value is -6.66. The van der Waals surface area contributed by atoms with E-state index in [1.165, 1.54) is 62.6 Å². The number of hydrogen-bond donors (Lipinski definition) is 1. The predicted molar refractivity (Wildman–Crippen MR) is 319 cm³/mol. The summed E-state index contributed by atoms with van der Waals surface area (Å²) in [6.45, 7) is 0. The number of para-hydroxylation sites is 2. The molecule has 0 unspecified atom stereocenters. The van der Waals surface area contributed by atoms with Gasteiger partial charge in [-0.2, -0.15) is 0 Å². The molecule has 0 amide bonds. The molecule has 12 rings (SSSR count). The summed E-state index contributed by atoms with van der Waals surface area (Å²) in [4.78, 5) is 4.58. The number of rotatable bonds is 8. The summed E-state index contributed by atoms with van der Waals surface area (Å²) in [5.41, 5.74) is 11.8. The van der Waals surface area contributed by atoms with Crippen molar-refractivity contribution in [3.63, 3.8) is 0 Å². The third-order valence-electron chi connectivity index (χ3n) is 11.9. The van der Waals surface area contributed by atoms with Crippen LogP contribution in [0.15, 0.2) is 256 Å². The third-order valence-corrected chi connectivity index (χ3v) is 15.4. The third kappa shape index (κ3) is 11.0. The number of halogens is 3. The van der Waals surface area contributed by atoms with Crippen molar-refractivity contribution in [1.82, 2.24) is 0 Å². The first-order valence-corrected chi connectivity index (χ1v) is 26.1. The van der Waals surface area contributed by atoms with Gasteiger partial charge in [-0.15, -0.1) is 22.7 Å². The van der Waals surface area contributed by atoms with Gasteiger partial charge in [-0.1, -0.05) is 165 Å². The SMILES string of the molecule is Brc1ccc(N(c2ccc(Br)cc2)c2ccc(-c3cccc4c3sc3ccccc34)cc2)cc1.[2H]CF.[B]=NS.c1ccc(N(c2ccccc2)c2ccc(-c3cccc4c3sc3ccccc34)cc2)cc1. The molecule has 71 heavy (non-hydrogen) atoms. The van der Waals surface area contributed by atoms with E-state index in [0.29, 0.717) is 0 Å². The van der Waals surface area contributed by atoms with Crippen LogP contribution < -0.4 is 9.80 Å². The minimum absolute atomic E-state index is 1.00. The summed E-state index contributed by atoms with van der Waals surface area (Å²) in [7, 11) is 3.34. The van der Waals surface area contributed by atoms with Crippen LogP contribution in [0.2, 0.25) is 0 Å². The monoisotopic (exact) mass is 1100 g/mol. The number of thiophene rings is 2. The van der Waals surface area contributed by atoms with Gasteiger partial charge >= 0.3 is 24.8 Å². The molecular weight excluding hydrogens is 1060 g/mol. The Labute approximate surface area is 446 Å². The molecule has 10 aromatic carbocycles. The van der Waals surface area contributed by atoms with Gasteiger partial charge in [0.2, 0.25) is 0 Å². The van der Waals surface area contributed by atoms with Gasteiger partial charge in [-0.25, -0.2) is 0 Å². The summed E-state index contributed by atoms with van der Waals surface area (Å²) in [5, 5.41) is 5.33. The molecule has 0 bridgehead atoms. The van der Waals surface area contributed by atoms with Crippen LogP contribution in [0.1, 0.15) is 1.37 Å². The Morgan fingerprint density at radius 3 is 1.04 bits per heavy atom. The zero-order valence-corrected chi connectivity index (χ0v) is 43.8. The smallest absolute Gasteiger partial charge is 0.0462 e. The predicted octanol–water partition coefficient (Wildman–Crippen LogP) is 20.7. The molecule has 0 aliphatic carbocycles. The first kappa shape index (κ1) is 48.0. The standard InChI is InChI=1S/C30H19Br2NS.C30H21NS.CH3F.BHNS/c31-21-10-16-24(17-11-21)33(25-18-12-22(32)13-19-25)23-14-8-20(9-15-23)26-5-3-6-28-27-4-1-2-7-29(27)34-30(26)28;1-3-10-23(11-4-1)31(24-12-5-2-6-13-24)25-20-18-22(19-21-25)26-15-9-16-28-27-14-7-8-17-29(27)32-30(26)28;1-2;1-2-3/h1-19H;1-21H;1H3;3H/i;;1D;. The van der Waals surface area contributed by atoms with Crippen LogP contribution in [-0.4, -0.2) is 14.8 Å². The Balaban J connectivity index is 0.000000161. The fraction of sp³-hybridized carbons (Fsp3) is 0.0164. The molecule has 1 radical (unpaired) electrons. The van der Waals surface area contributed by atoms with Crippen LogP contribution >= 0.6 is 67.3 Å². The van der Waals surface area contributed by atoms with Crippen molar-refractivity contribution in [1.29, 1.82) is 0 Å². The van der Waals surface area contributed by atoms with Gasteiger partial charge in [0.1, 0.15) is 0 Å². The van der Waals surface area contributed by atoms with Crippen LogP contribution in [0.4, 0.5) is 38.5 Å². The van der Waals surface area contributed by atoms with Crippen molar-refractivity contribution in [2.75, 3.05) is 17.0 Å². The van der Waals surface area contributed by atoms with Gasteiger partial charge in [-0.05, 0) is 131 Å². The van der Waals surface area contributed by atoms with Crippen molar-refractivity contribution in [2.24, 2.45) is 4.30 Å². The normalized spacial score (nSPS) is 10.8. The first-order valence-electron chi connectivity index (χ1n) is 23.2. The zero-order valence-electron chi connectivity index (χ0n) is 39.1. The van der Waals surface area contributed by atoms with E-state index in [4.69, 9.17) is 1.37 Å². The van der Waals surface area contributed by atoms with Gasteiger partial charge in [0, 0.05) is 83.4 Å². The fourth-order valence-electron chi connectivity index (χ4n) is 8.76. The molecule has 12 aromatic rings. The van der Waals surface area contributed by atoms with Crippen molar-refractivity contribution >= 4 is 149 Å². The summed E-state index contributed by atoms with van der Waals surface area (Å²) in [6, 6.07) is 86.4. The number of alkyl halides is 1. The number of benzene rings is 10. The summed E-state index contributed by atoms with van der Waals surface area (Å²) in [6.07, 6.45) is 0. The van der Waals surface area contributed by atoms with Gasteiger partial charge in [0.05, 0.1) is 8.52 Å². The van der Waals surface area contributed by atoms with Gasteiger partial charge in [0.15, 0.2) is 0 Å². The second-order valence-corrected chi connectivity index (χ2v) is 20.2. The van der Waals surface area contributed by atoms with E-state index in [-0.39, 0.29) is 0 Å².